The molecule has 0 aliphatic carbocycles. The number of halogens is 1. The zero-order chi connectivity index (χ0) is 16.3. The minimum atomic E-state index is -0.0582. The summed E-state index contributed by atoms with van der Waals surface area (Å²) in [6.45, 7) is 6.56. The summed E-state index contributed by atoms with van der Waals surface area (Å²) in [5.41, 5.74) is 5.08. The number of amides is 1. The summed E-state index contributed by atoms with van der Waals surface area (Å²) < 4.78 is 6.09. The molecule has 1 amide bonds. The maximum atomic E-state index is 12.4. The Morgan fingerprint density at radius 3 is 2.32 bits per heavy atom. The van der Waals surface area contributed by atoms with Gasteiger partial charge in [-0.15, -0.1) is 0 Å². The maximum absolute atomic E-state index is 12.4. The first-order valence-electron chi connectivity index (χ1n) is 7.11. The molecule has 0 aromatic heterocycles. The van der Waals surface area contributed by atoms with Crippen LogP contribution in [0.5, 0.6) is 5.75 Å². The molecule has 0 bridgehead atoms. The molecule has 4 heteroatoms. The highest BCUT2D eigenvalue weighted by atomic mass is 79.9. The van der Waals surface area contributed by atoms with E-state index >= 15 is 0 Å². The number of hydrogen-bond donors (Lipinski definition) is 1. The molecular weight excluding hydrogens is 342 g/mol. The fourth-order valence-electron chi connectivity index (χ4n) is 2.26. The van der Waals surface area contributed by atoms with E-state index in [9.17, 15) is 4.79 Å². The quantitative estimate of drug-likeness (QED) is 0.880. The number of hydrogen-bond acceptors (Lipinski definition) is 2. The van der Waals surface area contributed by atoms with Gasteiger partial charge < -0.3 is 10.1 Å². The molecule has 116 valence electrons. The Balaban J connectivity index is 2.12. The van der Waals surface area contributed by atoms with Gasteiger partial charge in [0, 0.05) is 16.6 Å². The lowest BCUT2D eigenvalue weighted by molar-refractivity contribution is 0.0950. The highest BCUT2D eigenvalue weighted by molar-refractivity contribution is 9.10. The lowest BCUT2D eigenvalue weighted by Crippen LogP contribution is -2.24. The number of carbonyl (C=O) groups is 1. The first kappa shape index (κ1) is 16.6. The summed E-state index contributed by atoms with van der Waals surface area (Å²) in [5, 5.41) is 2.97. The van der Waals surface area contributed by atoms with Crippen molar-refractivity contribution in [3.8, 4) is 5.75 Å². The van der Waals surface area contributed by atoms with Gasteiger partial charge in [0.25, 0.3) is 5.91 Å². The Morgan fingerprint density at radius 2 is 1.73 bits per heavy atom. The number of carbonyl (C=O) groups excluding carboxylic acids is 1. The number of methoxy groups -OCH3 is 1. The van der Waals surface area contributed by atoms with Crippen LogP contribution < -0.4 is 10.1 Å². The molecule has 0 spiro atoms. The molecule has 1 N–H and O–H groups in total. The van der Waals surface area contributed by atoms with Crippen molar-refractivity contribution in [1.29, 1.82) is 0 Å². The van der Waals surface area contributed by atoms with Gasteiger partial charge in [0.1, 0.15) is 5.75 Å². The van der Waals surface area contributed by atoms with Crippen molar-refractivity contribution in [2.75, 3.05) is 7.11 Å². The second-order valence-electron chi connectivity index (χ2n) is 5.31. The summed E-state index contributed by atoms with van der Waals surface area (Å²) in [6, 6.07) is 9.56. The summed E-state index contributed by atoms with van der Waals surface area (Å²) in [5.74, 6) is 0.751. The van der Waals surface area contributed by atoms with Crippen molar-refractivity contribution < 1.29 is 9.53 Å². The van der Waals surface area contributed by atoms with E-state index in [1.54, 1.807) is 7.11 Å². The van der Waals surface area contributed by atoms with Crippen molar-refractivity contribution in [2.24, 2.45) is 0 Å². The van der Waals surface area contributed by atoms with Crippen LogP contribution in [0.25, 0.3) is 0 Å². The van der Waals surface area contributed by atoms with Gasteiger partial charge in [-0.2, -0.15) is 0 Å². The molecule has 0 unspecified atom stereocenters. The molecule has 2 aromatic rings. The Hall–Kier alpha value is -1.81. The Kier molecular flexibility index (Phi) is 5.24. The predicted molar refractivity (Wildman–Crippen MR) is 92.5 cm³/mol. The Bertz CT molecular complexity index is 693. The second-order valence-corrected chi connectivity index (χ2v) is 6.17. The summed E-state index contributed by atoms with van der Waals surface area (Å²) in [6.07, 6.45) is 0. The summed E-state index contributed by atoms with van der Waals surface area (Å²) in [7, 11) is 1.64. The Labute approximate surface area is 139 Å². The normalized spacial score (nSPS) is 10.4. The van der Waals surface area contributed by atoms with Gasteiger partial charge in [0.15, 0.2) is 0 Å². The first-order valence-corrected chi connectivity index (χ1v) is 7.90. The standard InChI is InChI=1S/C18H20BrNO2/c1-11-12(2)16(9-17(19)13(11)3)18(21)20-10-14-5-7-15(22-4)8-6-14/h5-9H,10H2,1-4H3,(H,20,21). The third-order valence-electron chi connectivity index (χ3n) is 4.02. The third kappa shape index (κ3) is 3.50. The molecule has 0 aliphatic heterocycles. The highest BCUT2D eigenvalue weighted by Gasteiger charge is 2.14. The number of ether oxygens (including phenoxy) is 1. The van der Waals surface area contributed by atoms with Crippen LogP contribution in [0.2, 0.25) is 0 Å². The predicted octanol–water partition coefficient (Wildman–Crippen LogP) is 4.31. The van der Waals surface area contributed by atoms with Crippen molar-refractivity contribution in [2.45, 2.75) is 27.3 Å². The van der Waals surface area contributed by atoms with Gasteiger partial charge in [-0.3, -0.25) is 4.79 Å². The van der Waals surface area contributed by atoms with Gasteiger partial charge in [-0.05, 0) is 61.2 Å². The van der Waals surface area contributed by atoms with E-state index in [-0.39, 0.29) is 5.91 Å². The largest absolute Gasteiger partial charge is 0.497 e. The first-order chi connectivity index (χ1) is 10.4. The van der Waals surface area contributed by atoms with Crippen LogP contribution in [0.4, 0.5) is 0 Å². The van der Waals surface area contributed by atoms with E-state index in [0.717, 1.165) is 26.9 Å². The van der Waals surface area contributed by atoms with Crippen LogP contribution in [0.1, 0.15) is 32.6 Å². The van der Waals surface area contributed by atoms with Gasteiger partial charge in [-0.1, -0.05) is 28.1 Å². The summed E-state index contributed by atoms with van der Waals surface area (Å²) in [4.78, 5) is 12.4. The fourth-order valence-corrected chi connectivity index (χ4v) is 2.79. The molecule has 0 saturated carbocycles. The van der Waals surface area contributed by atoms with Crippen molar-refractivity contribution in [1.82, 2.24) is 5.32 Å². The average molecular weight is 362 g/mol. The maximum Gasteiger partial charge on any atom is 0.251 e. The molecule has 2 aromatic carbocycles. The van der Waals surface area contributed by atoms with Gasteiger partial charge in [0.05, 0.1) is 7.11 Å². The zero-order valence-corrected chi connectivity index (χ0v) is 14.9. The average Bonchev–Trinajstić information content (AvgIpc) is 2.54. The smallest absolute Gasteiger partial charge is 0.251 e. The Morgan fingerprint density at radius 1 is 1.09 bits per heavy atom. The van der Waals surface area contributed by atoms with E-state index in [1.807, 2.05) is 51.1 Å². The van der Waals surface area contributed by atoms with Gasteiger partial charge >= 0.3 is 0 Å². The molecule has 3 nitrogen and oxygen atoms in total. The number of benzene rings is 2. The van der Waals surface area contributed by atoms with Gasteiger partial charge in [-0.25, -0.2) is 0 Å². The minimum Gasteiger partial charge on any atom is -0.497 e. The second kappa shape index (κ2) is 6.97. The topological polar surface area (TPSA) is 38.3 Å². The SMILES string of the molecule is COc1ccc(CNC(=O)c2cc(Br)c(C)c(C)c2C)cc1. The molecule has 0 saturated heterocycles. The van der Waals surface area contributed by atoms with E-state index in [1.165, 1.54) is 5.56 Å². The molecule has 22 heavy (non-hydrogen) atoms. The van der Waals surface area contributed by atoms with E-state index in [4.69, 9.17) is 4.74 Å². The van der Waals surface area contributed by atoms with Crippen LogP contribution in [-0.4, -0.2) is 13.0 Å². The van der Waals surface area contributed by atoms with E-state index in [2.05, 4.69) is 21.2 Å². The third-order valence-corrected chi connectivity index (χ3v) is 4.84. The molecule has 0 aliphatic rings. The van der Waals surface area contributed by atoms with Crippen molar-refractivity contribution >= 4 is 21.8 Å². The highest BCUT2D eigenvalue weighted by Crippen LogP contribution is 2.25. The van der Waals surface area contributed by atoms with Crippen LogP contribution in [0.3, 0.4) is 0 Å². The van der Waals surface area contributed by atoms with Gasteiger partial charge in [0.2, 0.25) is 0 Å². The monoisotopic (exact) mass is 361 g/mol. The lowest BCUT2D eigenvalue weighted by atomic mass is 9.98. The van der Waals surface area contributed by atoms with Crippen molar-refractivity contribution in [3.63, 3.8) is 0 Å². The number of nitrogens with one attached hydrogen (secondary N) is 1. The van der Waals surface area contributed by atoms with Crippen molar-refractivity contribution in [3.05, 3.63) is 62.6 Å². The molecule has 0 atom stereocenters. The van der Waals surface area contributed by atoms with Crippen LogP contribution in [0, 0.1) is 20.8 Å². The molecule has 0 heterocycles. The summed E-state index contributed by atoms with van der Waals surface area (Å²) >= 11 is 3.52. The van der Waals surface area contributed by atoms with Crippen LogP contribution in [-0.2, 0) is 6.54 Å². The number of rotatable bonds is 4. The minimum absolute atomic E-state index is 0.0582. The lowest BCUT2D eigenvalue weighted by Gasteiger charge is -2.13. The van der Waals surface area contributed by atoms with E-state index in [0.29, 0.717) is 12.1 Å². The van der Waals surface area contributed by atoms with E-state index < -0.39 is 0 Å². The zero-order valence-electron chi connectivity index (χ0n) is 13.3. The molecule has 0 fully saturated rings. The molecule has 2 rings (SSSR count). The van der Waals surface area contributed by atoms with Crippen LogP contribution >= 0.6 is 15.9 Å². The fraction of sp³-hybridized carbons (Fsp3) is 0.278. The van der Waals surface area contributed by atoms with Crippen LogP contribution in [0.15, 0.2) is 34.8 Å². The molecular formula is C18H20BrNO2. The molecule has 0 radical (unpaired) electrons.